The highest BCUT2D eigenvalue weighted by Gasteiger charge is 2.18. The smallest absolute Gasteiger partial charge is 0.240 e. The highest BCUT2D eigenvalue weighted by atomic mass is 32.2. The topological polar surface area (TPSA) is 87.3 Å². The second-order valence-electron chi connectivity index (χ2n) is 6.25. The molecule has 3 N–H and O–H groups in total. The summed E-state index contributed by atoms with van der Waals surface area (Å²) in [5.74, 6) is 0.402. The predicted octanol–water partition coefficient (Wildman–Crippen LogP) is 1.70. The second kappa shape index (κ2) is 7.90. The molecule has 1 aliphatic rings. The van der Waals surface area contributed by atoms with Crippen LogP contribution in [0.3, 0.4) is 0 Å². The van der Waals surface area contributed by atoms with Gasteiger partial charge in [-0.1, -0.05) is 0 Å². The Morgan fingerprint density at radius 3 is 2.39 bits per heavy atom. The standard InChI is InChI=1S/C16H25N3O3S/c1-12(2)19-23(21,22)15-5-3-14(4-6-15)18-16(20)11-13-7-9-17-10-8-13/h3-6,12-13,17,19H,7-11H2,1-2H3,(H,18,20). The van der Waals surface area contributed by atoms with Crippen LogP contribution in [0.2, 0.25) is 0 Å². The van der Waals surface area contributed by atoms with Crippen molar-refractivity contribution >= 4 is 21.6 Å². The van der Waals surface area contributed by atoms with Gasteiger partial charge in [-0.2, -0.15) is 0 Å². The first kappa shape index (κ1) is 17.9. The van der Waals surface area contributed by atoms with Gasteiger partial charge in [0.15, 0.2) is 0 Å². The van der Waals surface area contributed by atoms with Crippen LogP contribution in [0.5, 0.6) is 0 Å². The number of rotatable bonds is 6. The van der Waals surface area contributed by atoms with Crippen LogP contribution in [0.1, 0.15) is 33.1 Å². The Labute approximate surface area is 138 Å². The molecule has 2 rings (SSSR count). The van der Waals surface area contributed by atoms with Gasteiger partial charge in [-0.25, -0.2) is 13.1 Å². The van der Waals surface area contributed by atoms with Gasteiger partial charge < -0.3 is 10.6 Å². The third-order valence-electron chi connectivity index (χ3n) is 3.77. The van der Waals surface area contributed by atoms with Gasteiger partial charge in [-0.3, -0.25) is 4.79 Å². The molecule has 0 saturated carbocycles. The van der Waals surface area contributed by atoms with Gasteiger partial charge >= 0.3 is 0 Å². The zero-order chi connectivity index (χ0) is 16.9. The first-order valence-electron chi connectivity index (χ1n) is 8.00. The van der Waals surface area contributed by atoms with E-state index in [0.29, 0.717) is 18.0 Å². The van der Waals surface area contributed by atoms with Gasteiger partial charge in [-0.15, -0.1) is 0 Å². The summed E-state index contributed by atoms with van der Waals surface area (Å²) in [6.45, 7) is 5.47. The van der Waals surface area contributed by atoms with Crippen LogP contribution < -0.4 is 15.4 Å². The number of hydrogen-bond donors (Lipinski definition) is 3. The molecule has 7 heteroatoms. The average molecular weight is 339 g/mol. The minimum absolute atomic E-state index is 0.0205. The van der Waals surface area contributed by atoms with Crippen molar-refractivity contribution in [1.82, 2.24) is 10.0 Å². The van der Waals surface area contributed by atoms with Crippen molar-refractivity contribution in [3.8, 4) is 0 Å². The molecule has 1 heterocycles. The molecule has 0 radical (unpaired) electrons. The van der Waals surface area contributed by atoms with E-state index in [1.165, 1.54) is 12.1 Å². The Morgan fingerprint density at radius 1 is 1.22 bits per heavy atom. The first-order chi connectivity index (χ1) is 10.9. The van der Waals surface area contributed by atoms with E-state index in [9.17, 15) is 13.2 Å². The van der Waals surface area contributed by atoms with E-state index < -0.39 is 10.0 Å². The Hall–Kier alpha value is -1.44. The Balaban J connectivity index is 1.93. The van der Waals surface area contributed by atoms with Gasteiger partial charge in [-0.05, 0) is 70.0 Å². The van der Waals surface area contributed by atoms with Crippen LogP contribution in [0, 0.1) is 5.92 Å². The van der Waals surface area contributed by atoms with Crippen molar-refractivity contribution in [1.29, 1.82) is 0 Å². The normalized spacial score (nSPS) is 16.5. The fourth-order valence-electron chi connectivity index (χ4n) is 2.66. The molecule has 0 bridgehead atoms. The predicted molar refractivity (Wildman–Crippen MR) is 90.7 cm³/mol. The van der Waals surface area contributed by atoms with Crippen molar-refractivity contribution in [2.45, 2.75) is 44.0 Å². The van der Waals surface area contributed by atoms with Gasteiger partial charge in [0.05, 0.1) is 4.90 Å². The maximum atomic E-state index is 12.0. The van der Waals surface area contributed by atoms with Crippen molar-refractivity contribution in [3.05, 3.63) is 24.3 Å². The number of nitrogens with one attached hydrogen (secondary N) is 3. The number of carbonyl (C=O) groups is 1. The number of anilines is 1. The van der Waals surface area contributed by atoms with E-state index in [4.69, 9.17) is 0 Å². The van der Waals surface area contributed by atoms with E-state index in [-0.39, 0.29) is 16.8 Å². The first-order valence-corrected chi connectivity index (χ1v) is 9.48. The minimum Gasteiger partial charge on any atom is -0.326 e. The maximum absolute atomic E-state index is 12.0. The van der Waals surface area contributed by atoms with Gasteiger partial charge in [0.1, 0.15) is 0 Å². The van der Waals surface area contributed by atoms with E-state index in [0.717, 1.165) is 25.9 Å². The maximum Gasteiger partial charge on any atom is 0.240 e. The van der Waals surface area contributed by atoms with Crippen LogP contribution in [-0.4, -0.2) is 33.5 Å². The zero-order valence-electron chi connectivity index (χ0n) is 13.6. The third kappa shape index (κ3) is 5.60. The fourth-order valence-corrected chi connectivity index (χ4v) is 3.91. The lowest BCUT2D eigenvalue weighted by molar-refractivity contribution is -0.117. The largest absolute Gasteiger partial charge is 0.326 e. The molecular formula is C16H25N3O3S. The summed E-state index contributed by atoms with van der Waals surface area (Å²) in [5.41, 5.74) is 0.618. The van der Waals surface area contributed by atoms with Crippen LogP contribution in [-0.2, 0) is 14.8 Å². The summed E-state index contributed by atoms with van der Waals surface area (Å²) in [4.78, 5) is 12.2. The Bertz CT molecular complexity index is 620. The van der Waals surface area contributed by atoms with Crippen molar-refractivity contribution in [2.75, 3.05) is 18.4 Å². The highest BCUT2D eigenvalue weighted by Crippen LogP contribution is 2.18. The van der Waals surface area contributed by atoms with Crippen LogP contribution in [0.25, 0.3) is 0 Å². The molecule has 1 fully saturated rings. The molecule has 0 aromatic heterocycles. The van der Waals surface area contributed by atoms with E-state index in [2.05, 4.69) is 15.4 Å². The molecule has 23 heavy (non-hydrogen) atoms. The summed E-state index contributed by atoms with van der Waals surface area (Å²) in [6, 6.07) is 6.09. The van der Waals surface area contributed by atoms with Crippen molar-refractivity contribution < 1.29 is 13.2 Å². The van der Waals surface area contributed by atoms with E-state index in [1.807, 2.05) is 0 Å². The quantitative estimate of drug-likeness (QED) is 0.736. The van der Waals surface area contributed by atoms with Crippen LogP contribution in [0.4, 0.5) is 5.69 Å². The summed E-state index contributed by atoms with van der Waals surface area (Å²) in [6.07, 6.45) is 2.55. The van der Waals surface area contributed by atoms with E-state index >= 15 is 0 Å². The number of sulfonamides is 1. The van der Waals surface area contributed by atoms with Gasteiger partial charge in [0.2, 0.25) is 15.9 Å². The van der Waals surface area contributed by atoms with E-state index in [1.54, 1.807) is 26.0 Å². The Kier molecular flexibility index (Phi) is 6.15. The lowest BCUT2D eigenvalue weighted by Gasteiger charge is -2.21. The minimum atomic E-state index is -3.50. The lowest BCUT2D eigenvalue weighted by Crippen LogP contribution is -2.30. The lowest BCUT2D eigenvalue weighted by atomic mass is 9.94. The molecular weight excluding hydrogens is 314 g/mol. The van der Waals surface area contributed by atoms with Crippen molar-refractivity contribution in [3.63, 3.8) is 0 Å². The molecule has 0 unspecified atom stereocenters. The third-order valence-corrected chi connectivity index (χ3v) is 5.45. The SMILES string of the molecule is CC(C)NS(=O)(=O)c1ccc(NC(=O)CC2CCNCC2)cc1. The molecule has 1 aromatic carbocycles. The summed E-state index contributed by atoms with van der Waals surface area (Å²) in [5, 5.41) is 6.11. The van der Waals surface area contributed by atoms with Crippen molar-refractivity contribution in [2.24, 2.45) is 5.92 Å². The second-order valence-corrected chi connectivity index (χ2v) is 7.96. The summed E-state index contributed by atoms with van der Waals surface area (Å²) >= 11 is 0. The molecule has 128 valence electrons. The number of hydrogen-bond acceptors (Lipinski definition) is 4. The molecule has 1 saturated heterocycles. The molecule has 0 aliphatic carbocycles. The monoisotopic (exact) mass is 339 g/mol. The van der Waals surface area contributed by atoms with Crippen LogP contribution >= 0.6 is 0 Å². The summed E-state index contributed by atoms with van der Waals surface area (Å²) in [7, 11) is -3.50. The zero-order valence-corrected chi connectivity index (χ0v) is 14.4. The molecule has 1 aliphatic heterocycles. The summed E-state index contributed by atoms with van der Waals surface area (Å²) < 4.78 is 26.6. The molecule has 0 spiro atoms. The number of benzene rings is 1. The van der Waals surface area contributed by atoms with Crippen LogP contribution in [0.15, 0.2) is 29.2 Å². The molecule has 1 aromatic rings. The fraction of sp³-hybridized carbons (Fsp3) is 0.562. The highest BCUT2D eigenvalue weighted by molar-refractivity contribution is 7.89. The van der Waals surface area contributed by atoms with Gasteiger partial charge in [0.25, 0.3) is 0 Å². The van der Waals surface area contributed by atoms with Gasteiger partial charge in [0, 0.05) is 18.2 Å². The number of carbonyl (C=O) groups excluding carboxylic acids is 1. The molecule has 0 atom stereocenters. The Morgan fingerprint density at radius 2 is 1.83 bits per heavy atom. The molecule has 6 nitrogen and oxygen atoms in total. The number of piperidine rings is 1. The number of amides is 1. The average Bonchev–Trinajstić information content (AvgIpc) is 2.47. The molecule has 1 amide bonds.